The summed E-state index contributed by atoms with van der Waals surface area (Å²) in [6.07, 6.45) is -20.3. The van der Waals surface area contributed by atoms with Crippen molar-refractivity contribution in [3.8, 4) is 0 Å². The second-order valence-electron chi connectivity index (χ2n) is 6.57. The number of aliphatic hydroxyl groups is 2. The van der Waals surface area contributed by atoms with Crippen LogP contribution < -0.4 is 11.4 Å². The first kappa shape index (κ1) is 22.6. The molecule has 16 heteroatoms. The number of hydrogen-bond donors (Lipinski definition) is 3. The van der Waals surface area contributed by atoms with Crippen molar-refractivity contribution in [2.75, 3.05) is 5.73 Å². The van der Waals surface area contributed by atoms with Crippen molar-refractivity contribution >= 4 is 28.7 Å². The summed E-state index contributed by atoms with van der Waals surface area (Å²) < 4.78 is 82.4. The lowest BCUT2D eigenvalue weighted by atomic mass is 10.1. The highest BCUT2D eigenvalue weighted by molar-refractivity contribution is 6.33. The molecule has 0 saturated carbocycles. The van der Waals surface area contributed by atoms with E-state index in [0.29, 0.717) is 9.13 Å². The highest BCUT2D eigenvalue weighted by Crippen LogP contribution is 2.37. The standard InChI is InChI=1S/C14H14ClF6N5O4/c15-8-6-9(24-11(22)23-8)26(12(29)25(6)2-1-13(16,17)18)10-4(27)3-5(30-10)7(28)14(19,20)21/h4-5,7,10,27-28H,1-3H2,(H2,22,23,24)/t4-,5+,7?,10-/m1/s1. The van der Waals surface area contributed by atoms with E-state index < -0.39 is 78.7 Å². The van der Waals surface area contributed by atoms with Gasteiger partial charge < -0.3 is 20.7 Å². The molecule has 168 valence electrons. The van der Waals surface area contributed by atoms with Crippen molar-refractivity contribution in [1.82, 2.24) is 19.1 Å². The molecule has 1 aliphatic rings. The Balaban J connectivity index is 2.10. The number of nitrogens with zero attached hydrogens (tertiary/aromatic N) is 4. The number of aryl methyl sites for hydroxylation is 1. The van der Waals surface area contributed by atoms with E-state index in [2.05, 4.69) is 9.97 Å². The number of ether oxygens (including phenoxy) is 1. The van der Waals surface area contributed by atoms with Crippen LogP contribution in [0.5, 0.6) is 0 Å². The maximum absolute atomic E-state index is 12.8. The van der Waals surface area contributed by atoms with Crippen LogP contribution in [0.3, 0.4) is 0 Å². The summed E-state index contributed by atoms with van der Waals surface area (Å²) in [5, 5.41) is 19.1. The summed E-state index contributed by atoms with van der Waals surface area (Å²) in [5.41, 5.74) is 3.46. The van der Waals surface area contributed by atoms with E-state index in [1.54, 1.807) is 0 Å². The maximum Gasteiger partial charge on any atom is 0.416 e. The van der Waals surface area contributed by atoms with Crippen molar-refractivity contribution in [1.29, 1.82) is 0 Å². The SMILES string of the molecule is Nc1nc(Cl)c2c(n1)n([C@@H]1O[C@H](C(O)C(F)(F)F)C[C@H]1O)c(=O)n2CCC(F)(F)F. The molecule has 9 nitrogen and oxygen atoms in total. The van der Waals surface area contributed by atoms with E-state index in [-0.39, 0.29) is 5.52 Å². The number of aromatic nitrogens is 4. The molecule has 3 rings (SSSR count). The van der Waals surface area contributed by atoms with Gasteiger partial charge in [0.15, 0.2) is 23.1 Å². The molecule has 1 unspecified atom stereocenters. The fourth-order valence-electron chi connectivity index (χ4n) is 3.15. The molecule has 3 heterocycles. The largest absolute Gasteiger partial charge is 0.416 e. The number of alkyl halides is 6. The lowest BCUT2D eigenvalue weighted by Gasteiger charge is -2.21. The average Bonchev–Trinajstić information content (AvgIpc) is 3.08. The average molecular weight is 466 g/mol. The van der Waals surface area contributed by atoms with Gasteiger partial charge in [0.25, 0.3) is 0 Å². The van der Waals surface area contributed by atoms with Crippen LogP contribution >= 0.6 is 11.6 Å². The fraction of sp³-hybridized carbons (Fsp3) is 0.643. The number of anilines is 1. The van der Waals surface area contributed by atoms with Crippen molar-refractivity contribution in [2.45, 2.75) is 56.3 Å². The first-order valence-electron chi connectivity index (χ1n) is 8.29. The third-order valence-corrected chi connectivity index (χ3v) is 4.72. The maximum atomic E-state index is 12.8. The zero-order valence-corrected chi connectivity index (χ0v) is 15.4. The van der Waals surface area contributed by atoms with E-state index in [4.69, 9.17) is 22.1 Å². The van der Waals surface area contributed by atoms with E-state index in [0.717, 1.165) is 0 Å². The minimum Gasteiger partial charge on any atom is -0.388 e. The molecule has 0 amide bonds. The highest BCUT2D eigenvalue weighted by atomic mass is 35.5. The molecule has 0 aliphatic carbocycles. The van der Waals surface area contributed by atoms with Crippen molar-refractivity contribution < 1.29 is 41.3 Å². The normalized spacial score (nSPS) is 24.0. The number of fused-ring (bicyclic) bond motifs is 1. The summed E-state index contributed by atoms with van der Waals surface area (Å²) in [5.74, 6) is -0.478. The Hall–Kier alpha value is -2.10. The van der Waals surface area contributed by atoms with Crippen LogP contribution in [0.25, 0.3) is 11.2 Å². The van der Waals surface area contributed by atoms with Crippen LogP contribution in [0.1, 0.15) is 19.1 Å². The third kappa shape index (κ3) is 4.19. The molecule has 4 atom stereocenters. The summed E-state index contributed by atoms with van der Waals surface area (Å²) in [6, 6.07) is 0. The summed E-state index contributed by atoms with van der Waals surface area (Å²) in [4.78, 5) is 20.1. The Labute approximate surface area is 167 Å². The molecule has 0 bridgehead atoms. The molecular formula is C14H14ClF6N5O4. The zero-order chi connectivity index (χ0) is 22.6. The van der Waals surface area contributed by atoms with Gasteiger partial charge in [0, 0.05) is 13.0 Å². The van der Waals surface area contributed by atoms with Gasteiger partial charge >= 0.3 is 18.0 Å². The van der Waals surface area contributed by atoms with Crippen molar-refractivity contribution in [3.05, 3.63) is 15.6 Å². The third-order valence-electron chi connectivity index (χ3n) is 4.45. The number of nitrogen functional groups attached to an aromatic ring is 1. The number of halogens is 7. The molecule has 30 heavy (non-hydrogen) atoms. The lowest BCUT2D eigenvalue weighted by molar-refractivity contribution is -0.237. The predicted molar refractivity (Wildman–Crippen MR) is 88.5 cm³/mol. The number of imidazole rings is 1. The number of rotatable bonds is 4. The smallest absolute Gasteiger partial charge is 0.388 e. The van der Waals surface area contributed by atoms with E-state index >= 15 is 0 Å². The summed E-state index contributed by atoms with van der Waals surface area (Å²) in [7, 11) is 0. The summed E-state index contributed by atoms with van der Waals surface area (Å²) in [6.45, 7) is -0.906. The monoisotopic (exact) mass is 465 g/mol. The van der Waals surface area contributed by atoms with Gasteiger partial charge in [0.2, 0.25) is 5.95 Å². The van der Waals surface area contributed by atoms with Crippen LogP contribution in [-0.2, 0) is 11.3 Å². The van der Waals surface area contributed by atoms with Gasteiger partial charge in [-0.05, 0) is 0 Å². The molecule has 1 fully saturated rings. The number of hydrogen-bond acceptors (Lipinski definition) is 7. The molecule has 0 radical (unpaired) electrons. The van der Waals surface area contributed by atoms with Crippen molar-refractivity contribution in [2.24, 2.45) is 0 Å². The first-order valence-corrected chi connectivity index (χ1v) is 8.67. The predicted octanol–water partition coefficient (Wildman–Crippen LogP) is 1.35. The van der Waals surface area contributed by atoms with Crippen molar-refractivity contribution in [3.63, 3.8) is 0 Å². The topological polar surface area (TPSA) is 128 Å². The van der Waals surface area contributed by atoms with Crippen LogP contribution in [0.2, 0.25) is 5.15 Å². The Bertz CT molecular complexity index is 1010. The van der Waals surface area contributed by atoms with Gasteiger partial charge in [-0.1, -0.05) is 11.6 Å². The Kier molecular flexibility index (Phi) is 5.68. The molecule has 0 spiro atoms. The van der Waals surface area contributed by atoms with Crippen LogP contribution in [-0.4, -0.2) is 60.0 Å². The van der Waals surface area contributed by atoms with Crippen LogP contribution in [0, 0.1) is 0 Å². The minimum atomic E-state index is -5.07. The number of nitrogens with two attached hydrogens (primary N) is 1. The van der Waals surface area contributed by atoms with E-state index in [1.165, 1.54) is 0 Å². The van der Waals surface area contributed by atoms with E-state index in [9.17, 15) is 41.4 Å². The molecular weight excluding hydrogens is 452 g/mol. The van der Waals surface area contributed by atoms with Gasteiger partial charge in [-0.3, -0.25) is 4.57 Å². The second-order valence-corrected chi connectivity index (χ2v) is 6.93. The quantitative estimate of drug-likeness (QED) is 0.459. The molecule has 1 aliphatic heterocycles. The summed E-state index contributed by atoms with van der Waals surface area (Å²) >= 11 is 5.91. The Morgan fingerprint density at radius 1 is 1.27 bits per heavy atom. The van der Waals surface area contributed by atoms with Gasteiger partial charge in [-0.2, -0.15) is 36.3 Å². The number of aliphatic hydroxyl groups excluding tert-OH is 2. The minimum absolute atomic E-state index is 0.365. The molecule has 2 aromatic heterocycles. The molecule has 0 aromatic carbocycles. The molecule has 4 N–H and O–H groups in total. The second kappa shape index (κ2) is 7.55. The molecule has 1 saturated heterocycles. The van der Waals surface area contributed by atoms with Gasteiger partial charge in [-0.25, -0.2) is 9.36 Å². The lowest BCUT2D eigenvalue weighted by Crippen LogP contribution is -2.40. The van der Waals surface area contributed by atoms with Crippen LogP contribution in [0.15, 0.2) is 4.79 Å². The zero-order valence-electron chi connectivity index (χ0n) is 14.7. The Morgan fingerprint density at radius 2 is 1.90 bits per heavy atom. The van der Waals surface area contributed by atoms with Crippen LogP contribution in [0.4, 0.5) is 32.3 Å². The fourth-order valence-corrected chi connectivity index (χ4v) is 3.42. The molecule has 2 aromatic rings. The Morgan fingerprint density at radius 3 is 2.47 bits per heavy atom. The first-order chi connectivity index (χ1) is 13.7. The van der Waals surface area contributed by atoms with Gasteiger partial charge in [0.05, 0.1) is 12.5 Å². The highest BCUT2D eigenvalue weighted by Gasteiger charge is 2.50. The van der Waals surface area contributed by atoms with Gasteiger partial charge in [-0.15, -0.1) is 0 Å². The van der Waals surface area contributed by atoms with E-state index in [1.807, 2.05) is 0 Å². The van der Waals surface area contributed by atoms with Gasteiger partial charge in [0.1, 0.15) is 11.6 Å².